The van der Waals surface area contributed by atoms with E-state index in [4.69, 9.17) is 0 Å². The average molecular weight is 465 g/mol. The van der Waals surface area contributed by atoms with E-state index in [1.54, 1.807) is 5.56 Å². The molecule has 3 fully saturated rings. The van der Waals surface area contributed by atoms with Gasteiger partial charge in [-0.05, 0) is 98.0 Å². The lowest BCUT2D eigenvalue weighted by molar-refractivity contribution is -0.127. The lowest BCUT2D eigenvalue weighted by Gasteiger charge is -2.38. The van der Waals surface area contributed by atoms with E-state index >= 15 is 0 Å². The molecule has 190 valence electrons. The van der Waals surface area contributed by atoms with E-state index in [-0.39, 0.29) is 0 Å². The molecule has 0 aliphatic heterocycles. The minimum atomic E-state index is 0.325. The fourth-order valence-corrected chi connectivity index (χ4v) is 7.94. The highest BCUT2D eigenvalue weighted by Crippen LogP contribution is 2.44. The van der Waals surface area contributed by atoms with Crippen molar-refractivity contribution < 1.29 is 4.79 Å². The van der Waals surface area contributed by atoms with Crippen molar-refractivity contribution in [1.82, 2.24) is 0 Å². The van der Waals surface area contributed by atoms with Crippen molar-refractivity contribution in [2.45, 2.75) is 135 Å². The predicted octanol–water partition coefficient (Wildman–Crippen LogP) is 9.85. The largest absolute Gasteiger partial charge is 0.299 e. The Kier molecular flexibility index (Phi) is 9.72. The molecule has 4 rings (SSSR count). The van der Waals surface area contributed by atoms with E-state index in [0.717, 1.165) is 36.5 Å². The summed E-state index contributed by atoms with van der Waals surface area (Å²) < 4.78 is 0. The molecule has 1 heteroatoms. The Morgan fingerprint density at radius 3 is 1.85 bits per heavy atom. The predicted molar refractivity (Wildman–Crippen MR) is 145 cm³/mol. The molecule has 3 aliphatic carbocycles. The number of carbonyl (C=O) groups is 1. The van der Waals surface area contributed by atoms with Gasteiger partial charge < -0.3 is 0 Å². The summed E-state index contributed by atoms with van der Waals surface area (Å²) in [6.07, 6.45) is 21.1. The van der Waals surface area contributed by atoms with Crippen LogP contribution in [0.3, 0.4) is 0 Å². The number of rotatable bonds is 9. The van der Waals surface area contributed by atoms with Crippen LogP contribution in [-0.2, 0) is 4.79 Å². The quantitative estimate of drug-likeness (QED) is 0.355. The number of carbonyl (C=O) groups excluding carboxylic acids is 1. The van der Waals surface area contributed by atoms with Crippen molar-refractivity contribution >= 4 is 5.78 Å². The van der Waals surface area contributed by atoms with Gasteiger partial charge in [-0.25, -0.2) is 0 Å². The summed E-state index contributed by atoms with van der Waals surface area (Å²) in [6.45, 7) is 7.04. The Bertz CT molecular complexity index is 732. The monoisotopic (exact) mass is 464 g/mol. The second kappa shape index (κ2) is 12.7. The smallest absolute Gasteiger partial charge is 0.136 e. The highest BCUT2D eigenvalue weighted by molar-refractivity contribution is 5.83. The highest BCUT2D eigenvalue weighted by Gasteiger charge is 2.37. The van der Waals surface area contributed by atoms with Gasteiger partial charge in [0.25, 0.3) is 0 Å². The highest BCUT2D eigenvalue weighted by atomic mass is 16.1. The van der Waals surface area contributed by atoms with Crippen molar-refractivity contribution in [2.24, 2.45) is 29.6 Å². The molecular formula is C33H52O. The zero-order chi connectivity index (χ0) is 23.9. The molecule has 0 heterocycles. The molecule has 0 bridgehead atoms. The number of Topliss-reactive ketones (excluding diaryl/α,β-unsaturated/α-hetero) is 1. The van der Waals surface area contributed by atoms with Gasteiger partial charge in [0.15, 0.2) is 0 Å². The Hall–Kier alpha value is -1.11. The molecule has 0 N–H and O–H groups in total. The van der Waals surface area contributed by atoms with E-state index in [1.807, 2.05) is 0 Å². The number of hydrogen-bond acceptors (Lipinski definition) is 1. The number of hydrogen-bond donors (Lipinski definition) is 0. The van der Waals surface area contributed by atoms with E-state index in [2.05, 4.69) is 45.0 Å². The average Bonchev–Trinajstić information content (AvgIpc) is 2.88. The summed E-state index contributed by atoms with van der Waals surface area (Å²) in [4.78, 5) is 13.3. The third-order valence-electron chi connectivity index (χ3n) is 10.3. The van der Waals surface area contributed by atoms with Gasteiger partial charge in [-0.3, -0.25) is 4.79 Å². The molecule has 0 saturated heterocycles. The second-order valence-electron chi connectivity index (χ2n) is 12.5. The van der Waals surface area contributed by atoms with Crippen LogP contribution in [0.5, 0.6) is 0 Å². The van der Waals surface area contributed by atoms with Gasteiger partial charge in [0.1, 0.15) is 5.78 Å². The molecular weight excluding hydrogens is 412 g/mol. The minimum Gasteiger partial charge on any atom is -0.299 e. The Balaban J connectivity index is 1.25. The molecule has 0 spiro atoms. The van der Waals surface area contributed by atoms with E-state index in [1.165, 1.54) is 95.5 Å². The third kappa shape index (κ3) is 6.55. The van der Waals surface area contributed by atoms with Crippen LogP contribution in [-0.4, -0.2) is 5.78 Å². The molecule has 3 saturated carbocycles. The van der Waals surface area contributed by atoms with Crippen LogP contribution < -0.4 is 0 Å². The number of ketones is 1. The normalized spacial score (nSPS) is 33.6. The zero-order valence-electron chi connectivity index (χ0n) is 22.6. The molecule has 0 radical (unpaired) electrons. The minimum absolute atomic E-state index is 0.325. The van der Waals surface area contributed by atoms with Crippen molar-refractivity contribution in [3.05, 3.63) is 35.4 Å². The van der Waals surface area contributed by atoms with Gasteiger partial charge in [0.05, 0.1) is 0 Å². The first-order chi connectivity index (χ1) is 16.6. The van der Waals surface area contributed by atoms with E-state index in [0.29, 0.717) is 23.5 Å². The maximum Gasteiger partial charge on any atom is 0.136 e. The summed E-state index contributed by atoms with van der Waals surface area (Å²) in [5.74, 6) is 5.42. The van der Waals surface area contributed by atoms with Crippen molar-refractivity contribution in [2.75, 3.05) is 0 Å². The fraction of sp³-hybridized carbons (Fsp3) is 0.788. The third-order valence-corrected chi connectivity index (χ3v) is 10.3. The lowest BCUT2D eigenvalue weighted by Crippen LogP contribution is -2.34. The van der Waals surface area contributed by atoms with Crippen LogP contribution in [0.25, 0.3) is 0 Å². The van der Waals surface area contributed by atoms with Gasteiger partial charge >= 0.3 is 0 Å². The maximum absolute atomic E-state index is 13.3. The van der Waals surface area contributed by atoms with Crippen LogP contribution in [0.2, 0.25) is 0 Å². The van der Waals surface area contributed by atoms with Crippen LogP contribution in [0.4, 0.5) is 0 Å². The molecule has 3 atom stereocenters. The van der Waals surface area contributed by atoms with Crippen LogP contribution in [0.1, 0.15) is 146 Å². The van der Waals surface area contributed by atoms with Crippen molar-refractivity contribution in [3.63, 3.8) is 0 Å². The summed E-state index contributed by atoms with van der Waals surface area (Å²) >= 11 is 0. The van der Waals surface area contributed by atoms with Gasteiger partial charge in [-0.15, -0.1) is 0 Å². The molecule has 1 aromatic carbocycles. The first-order valence-corrected chi connectivity index (χ1v) is 15.2. The molecule has 0 amide bonds. The summed E-state index contributed by atoms with van der Waals surface area (Å²) in [7, 11) is 0. The summed E-state index contributed by atoms with van der Waals surface area (Å²) in [6, 6.07) is 9.53. The summed E-state index contributed by atoms with van der Waals surface area (Å²) in [5.41, 5.74) is 2.96. The molecule has 3 aliphatic rings. The molecule has 34 heavy (non-hydrogen) atoms. The topological polar surface area (TPSA) is 17.1 Å². The fourth-order valence-electron chi connectivity index (χ4n) is 7.94. The SMILES string of the molecule is CCCCC1CCC(C(C)[C@@H]2CC[C@@H](c3ccc(C4CCC(CCC)CC4)cc3)CC2=O)CC1. The number of unbranched alkanes of at least 4 members (excludes halogenated alkanes) is 1. The van der Waals surface area contributed by atoms with Crippen LogP contribution >= 0.6 is 0 Å². The van der Waals surface area contributed by atoms with Gasteiger partial charge in [0.2, 0.25) is 0 Å². The standard InChI is InChI=1S/C33H52O/c1-4-6-8-26-9-13-27(14-10-26)24(3)32-22-21-31(23-33(32)34)30-19-17-29(18-20-30)28-15-11-25(7-5-2)12-16-28/h17-20,24-28,31-32H,4-16,21-23H2,1-3H3/t24?,25?,26?,27?,28?,31-,32+/m1/s1. The first-order valence-electron chi connectivity index (χ1n) is 15.2. The second-order valence-corrected chi connectivity index (χ2v) is 12.5. The van der Waals surface area contributed by atoms with Crippen LogP contribution in [0, 0.1) is 29.6 Å². The van der Waals surface area contributed by atoms with Gasteiger partial charge in [-0.1, -0.05) is 90.0 Å². The van der Waals surface area contributed by atoms with Gasteiger partial charge in [-0.2, -0.15) is 0 Å². The molecule has 1 nitrogen and oxygen atoms in total. The molecule has 0 aromatic heterocycles. The summed E-state index contributed by atoms with van der Waals surface area (Å²) in [5, 5.41) is 0. The Morgan fingerprint density at radius 1 is 0.706 bits per heavy atom. The van der Waals surface area contributed by atoms with E-state index in [9.17, 15) is 4.79 Å². The van der Waals surface area contributed by atoms with Gasteiger partial charge in [0, 0.05) is 12.3 Å². The van der Waals surface area contributed by atoms with E-state index < -0.39 is 0 Å². The molecule has 1 aromatic rings. The zero-order valence-corrected chi connectivity index (χ0v) is 22.6. The Morgan fingerprint density at radius 2 is 1.26 bits per heavy atom. The van der Waals surface area contributed by atoms with Crippen molar-refractivity contribution in [1.29, 1.82) is 0 Å². The molecule has 1 unspecified atom stereocenters. The first kappa shape index (κ1) is 26.0. The van der Waals surface area contributed by atoms with Crippen molar-refractivity contribution in [3.8, 4) is 0 Å². The lowest BCUT2D eigenvalue weighted by atomic mass is 9.66. The van der Waals surface area contributed by atoms with Crippen LogP contribution in [0.15, 0.2) is 24.3 Å². The Labute approximate surface area is 210 Å². The number of benzene rings is 1. The maximum atomic E-state index is 13.3.